The molecule has 170 valence electrons. The van der Waals surface area contributed by atoms with E-state index in [1.807, 2.05) is 48.5 Å². The van der Waals surface area contributed by atoms with Crippen LogP contribution in [0, 0.1) is 0 Å². The fourth-order valence-electron chi connectivity index (χ4n) is 4.04. The van der Waals surface area contributed by atoms with Gasteiger partial charge in [0.25, 0.3) is 16.0 Å². The van der Waals surface area contributed by atoms with Crippen molar-refractivity contribution in [2.24, 2.45) is 0 Å². The summed E-state index contributed by atoms with van der Waals surface area (Å²) in [6.07, 6.45) is 0. The van der Waals surface area contributed by atoms with Crippen LogP contribution in [-0.4, -0.2) is 43.0 Å². The second-order valence-corrected chi connectivity index (χ2v) is 9.62. The summed E-state index contributed by atoms with van der Waals surface area (Å²) in [5, 5.41) is 3.42. The molecular weight excluding hydrogens is 460 g/mol. The average Bonchev–Trinajstić information content (AvgIpc) is 3.03. The Labute approximate surface area is 197 Å². The Morgan fingerprint density at radius 2 is 1.61 bits per heavy atom. The van der Waals surface area contributed by atoms with Crippen LogP contribution in [0.4, 0.5) is 0 Å². The van der Waals surface area contributed by atoms with E-state index in [1.165, 1.54) is 4.90 Å². The third-order valence-electron chi connectivity index (χ3n) is 5.63. The van der Waals surface area contributed by atoms with Gasteiger partial charge >= 0.3 is 0 Å². The van der Waals surface area contributed by atoms with Crippen molar-refractivity contribution in [3.8, 4) is 16.9 Å². The first kappa shape index (κ1) is 22.9. The Balaban J connectivity index is 1.89. The quantitative estimate of drug-likeness (QED) is 0.411. The number of ether oxygens (including phenoxy) is 1. The number of benzene rings is 3. The molecule has 9 heteroatoms. The standard InChI is InChI=1S/C24H22N2O5S2/c1-26-22(27)24(25-23(26)32,19-9-3-6-16(12-19)15-33(28,29)30)20-10-4-7-17(13-20)18-8-5-11-21(14-18)31-2/h3-14H,15H2,1-2H3,(H,25,32)(H,28,29,30). The van der Waals surface area contributed by atoms with Gasteiger partial charge in [0, 0.05) is 7.05 Å². The van der Waals surface area contributed by atoms with E-state index >= 15 is 0 Å². The zero-order valence-corrected chi connectivity index (χ0v) is 19.6. The lowest BCUT2D eigenvalue weighted by Gasteiger charge is -2.29. The smallest absolute Gasteiger partial charge is 0.269 e. The first-order valence-corrected chi connectivity index (χ1v) is 12.1. The van der Waals surface area contributed by atoms with E-state index in [9.17, 15) is 17.8 Å². The summed E-state index contributed by atoms with van der Waals surface area (Å²) in [5.41, 5.74) is 1.94. The van der Waals surface area contributed by atoms with Gasteiger partial charge in [0.2, 0.25) is 0 Å². The number of amides is 1. The van der Waals surface area contributed by atoms with Gasteiger partial charge < -0.3 is 10.1 Å². The molecule has 2 N–H and O–H groups in total. The third kappa shape index (κ3) is 4.35. The van der Waals surface area contributed by atoms with E-state index in [-0.39, 0.29) is 11.0 Å². The predicted molar refractivity (Wildman–Crippen MR) is 129 cm³/mol. The molecule has 0 aliphatic carbocycles. The van der Waals surface area contributed by atoms with Crippen LogP contribution < -0.4 is 10.1 Å². The molecule has 1 atom stereocenters. The van der Waals surface area contributed by atoms with Crippen molar-refractivity contribution in [1.29, 1.82) is 0 Å². The minimum atomic E-state index is -4.24. The van der Waals surface area contributed by atoms with Crippen LogP contribution in [0.1, 0.15) is 16.7 Å². The minimum Gasteiger partial charge on any atom is -0.497 e. The van der Waals surface area contributed by atoms with Crippen LogP contribution in [0.2, 0.25) is 0 Å². The summed E-state index contributed by atoms with van der Waals surface area (Å²) in [4.78, 5) is 14.9. The number of methoxy groups -OCH3 is 1. The van der Waals surface area contributed by atoms with Crippen LogP contribution in [0.15, 0.2) is 72.8 Å². The summed E-state index contributed by atoms with van der Waals surface area (Å²) < 4.78 is 37.5. The molecule has 0 bridgehead atoms. The number of nitrogens with zero attached hydrogens (tertiary/aromatic N) is 1. The molecule has 0 spiro atoms. The van der Waals surface area contributed by atoms with Gasteiger partial charge in [0.15, 0.2) is 10.7 Å². The predicted octanol–water partition coefficient (Wildman–Crippen LogP) is 3.34. The monoisotopic (exact) mass is 482 g/mol. The van der Waals surface area contributed by atoms with E-state index in [4.69, 9.17) is 17.0 Å². The number of likely N-dealkylation sites (N-methyl/N-ethyl adjacent to an activating group) is 1. The zero-order chi connectivity index (χ0) is 23.8. The van der Waals surface area contributed by atoms with Crippen molar-refractivity contribution >= 4 is 33.4 Å². The van der Waals surface area contributed by atoms with E-state index in [0.717, 1.165) is 11.1 Å². The fourth-order valence-corrected chi connectivity index (χ4v) is 4.88. The second kappa shape index (κ2) is 8.58. The molecule has 1 saturated heterocycles. The maximum absolute atomic E-state index is 13.6. The molecule has 3 aromatic rings. The van der Waals surface area contributed by atoms with E-state index < -0.39 is 21.4 Å². The van der Waals surface area contributed by atoms with Crippen LogP contribution in [-0.2, 0) is 26.2 Å². The Bertz CT molecular complexity index is 1360. The SMILES string of the molecule is COc1cccc(-c2cccc(C3(c4cccc(CS(=O)(=O)O)c4)NC(=S)N(C)C3=O)c2)c1. The number of carbonyl (C=O) groups is 1. The normalized spacial score (nSPS) is 18.3. The molecule has 1 heterocycles. The Kier molecular flexibility index (Phi) is 5.96. The first-order valence-electron chi connectivity index (χ1n) is 10.0. The fraction of sp³-hybridized carbons (Fsp3) is 0.167. The van der Waals surface area contributed by atoms with Gasteiger partial charge in [-0.25, -0.2) is 0 Å². The number of carbonyl (C=O) groups excluding carboxylic acids is 1. The largest absolute Gasteiger partial charge is 0.497 e. The summed E-state index contributed by atoms with van der Waals surface area (Å²) in [5.74, 6) is -0.143. The summed E-state index contributed by atoms with van der Waals surface area (Å²) >= 11 is 5.39. The van der Waals surface area contributed by atoms with Crippen LogP contribution in [0.25, 0.3) is 11.1 Å². The maximum Gasteiger partial charge on any atom is 0.269 e. The highest BCUT2D eigenvalue weighted by molar-refractivity contribution is 7.85. The first-order chi connectivity index (χ1) is 15.6. The number of hydrogen-bond acceptors (Lipinski definition) is 5. The van der Waals surface area contributed by atoms with Crippen molar-refractivity contribution in [2.45, 2.75) is 11.3 Å². The Morgan fingerprint density at radius 3 is 2.21 bits per heavy atom. The molecule has 3 aromatic carbocycles. The summed E-state index contributed by atoms with van der Waals surface area (Å²) in [6, 6.07) is 21.7. The van der Waals surface area contributed by atoms with Gasteiger partial charge in [-0.15, -0.1) is 0 Å². The van der Waals surface area contributed by atoms with Gasteiger partial charge in [-0.1, -0.05) is 54.6 Å². The molecular formula is C24H22N2O5S2. The average molecular weight is 483 g/mol. The molecule has 4 rings (SSSR count). The van der Waals surface area contributed by atoms with Gasteiger partial charge in [-0.2, -0.15) is 8.42 Å². The number of nitrogens with one attached hydrogen (secondary N) is 1. The number of thiocarbonyl (C=S) groups is 1. The molecule has 0 saturated carbocycles. The molecule has 33 heavy (non-hydrogen) atoms. The van der Waals surface area contributed by atoms with Crippen molar-refractivity contribution in [1.82, 2.24) is 10.2 Å². The number of hydrogen-bond donors (Lipinski definition) is 2. The Hall–Kier alpha value is -3.27. The van der Waals surface area contributed by atoms with Gasteiger partial charge in [0.05, 0.1) is 7.11 Å². The van der Waals surface area contributed by atoms with Crippen molar-refractivity contribution in [3.63, 3.8) is 0 Å². The third-order valence-corrected chi connectivity index (χ3v) is 6.71. The highest BCUT2D eigenvalue weighted by Crippen LogP contribution is 2.38. The number of rotatable bonds is 6. The van der Waals surface area contributed by atoms with Crippen LogP contribution in [0.3, 0.4) is 0 Å². The van der Waals surface area contributed by atoms with Crippen molar-refractivity contribution in [2.75, 3.05) is 14.2 Å². The van der Waals surface area contributed by atoms with E-state index in [0.29, 0.717) is 22.4 Å². The van der Waals surface area contributed by atoms with Crippen molar-refractivity contribution in [3.05, 3.63) is 89.5 Å². The molecule has 7 nitrogen and oxygen atoms in total. The van der Waals surface area contributed by atoms with E-state index in [2.05, 4.69) is 5.32 Å². The molecule has 0 radical (unpaired) electrons. The zero-order valence-electron chi connectivity index (χ0n) is 18.0. The van der Waals surface area contributed by atoms with Crippen LogP contribution >= 0.6 is 12.2 Å². The highest BCUT2D eigenvalue weighted by atomic mass is 32.2. The molecule has 1 fully saturated rings. The second-order valence-electron chi connectivity index (χ2n) is 7.78. The lowest BCUT2D eigenvalue weighted by molar-refractivity contribution is -0.129. The highest BCUT2D eigenvalue weighted by Gasteiger charge is 2.51. The molecule has 1 aliphatic heterocycles. The van der Waals surface area contributed by atoms with Gasteiger partial charge in [0.1, 0.15) is 11.5 Å². The maximum atomic E-state index is 13.6. The summed E-state index contributed by atoms with van der Waals surface area (Å²) in [6.45, 7) is 0. The molecule has 0 aromatic heterocycles. The van der Waals surface area contributed by atoms with Gasteiger partial charge in [-0.05, 0) is 58.2 Å². The summed E-state index contributed by atoms with van der Waals surface area (Å²) in [7, 11) is -1.05. The minimum absolute atomic E-state index is 0.256. The van der Waals surface area contributed by atoms with Gasteiger partial charge in [-0.3, -0.25) is 14.2 Å². The molecule has 1 amide bonds. The van der Waals surface area contributed by atoms with Crippen molar-refractivity contribution < 1.29 is 22.5 Å². The Morgan fingerprint density at radius 1 is 1.00 bits per heavy atom. The molecule has 1 unspecified atom stereocenters. The lowest BCUT2D eigenvalue weighted by Crippen LogP contribution is -2.45. The van der Waals surface area contributed by atoms with Crippen LogP contribution in [0.5, 0.6) is 5.75 Å². The topological polar surface area (TPSA) is 95.9 Å². The lowest BCUT2D eigenvalue weighted by atomic mass is 9.81. The van der Waals surface area contributed by atoms with E-state index in [1.54, 1.807) is 38.4 Å². The molecule has 1 aliphatic rings.